The van der Waals surface area contributed by atoms with Gasteiger partial charge in [0.25, 0.3) is 0 Å². The molecule has 0 unspecified atom stereocenters. The zero-order chi connectivity index (χ0) is 5.82. The highest BCUT2D eigenvalue weighted by atomic mass is 16.3. The lowest BCUT2D eigenvalue weighted by molar-refractivity contribution is 0.0286. The molecule has 0 saturated heterocycles. The predicted octanol–water partition coefficient (Wildman–Crippen LogP) is -0.306. The SMILES string of the molecule is [O]CN1N=CC=CN1. The van der Waals surface area contributed by atoms with Crippen LogP contribution in [0, 0.1) is 0 Å². The van der Waals surface area contributed by atoms with E-state index in [9.17, 15) is 5.11 Å². The standard InChI is InChI=1S/C4H6N3O/c8-4-7-5-2-1-3-6-7/h1-3,5H,4H2. The Morgan fingerprint density at radius 3 is 3.00 bits per heavy atom. The van der Waals surface area contributed by atoms with Crippen molar-refractivity contribution in [3.63, 3.8) is 0 Å². The molecule has 0 atom stereocenters. The van der Waals surface area contributed by atoms with E-state index in [2.05, 4.69) is 10.5 Å². The monoisotopic (exact) mass is 112 g/mol. The van der Waals surface area contributed by atoms with Crippen molar-refractivity contribution in [1.82, 2.24) is 10.5 Å². The fraction of sp³-hybridized carbons (Fsp3) is 0.250. The summed E-state index contributed by atoms with van der Waals surface area (Å²) in [5.41, 5.74) is 2.61. The Kier molecular flexibility index (Phi) is 1.48. The molecule has 1 aliphatic rings. The van der Waals surface area contributed by atoms with Gasteiger partial charge in [-0.2, -0.15) is 10.2 Å². The molecule has 4 nitrogen and oxygen atoms in total. The summed E-state index contributed by atoms with van der Waals surface area (Å²) in [5, 5.41) is 14.8. The fourth-order valence-electron chi connectivity index (χ4n) is 0.395. The lowest BCUT2D eigenvalue weighted by Gasteiger charge is -2.15. The van der Waals surface area contributed by atoms with Gasteiger partial charge in [0.05, 0.1) is 6.21 Å². The highest BCUT2D eigenvalue weighted by Crippen LogP contribution is 1.84. The molecular weight excluding hydrogens is 106 g/mol. The van der Waals surface area contributed by atoms with Crippen LogP contribution in [0.25, 0.3) is 0 Å². The van der Waals surface area contributed by atoms with E-state index < -0.39 is 0 Å². The predicted molar refractivity (Wildman–Crippen MR) is 28.2 cm³/mol. The van der Waals surface area contributed by atoms with Crippen LogP contribution in [0.3, 0.4) is 0 Å². The molecule has 0 bridgehead atoms. The van der Waals surface area contributed by atoms with E-state index in [0.29, 0.717) is 0 Å². The Hall–Kier alpha value is -1.03. The van der Waals surface area contributed by atoms with Gasteiger partial charge in [0, 0.05) is 6.20 Å². The number of hydrogen-bond acceptors (Lipinski definition) is 3. The van der Waals surface area contributed by atoms with E-state index in [0.717, 1.165) is 0 Å². The summed E-state index contributed by atoms with van der Waals surface area (Å²) in [5.74, 6) is 0. The van der Waals surface area contributed by atoms with E-state index >= 15 is 0 Å². The van der Waals surface area contributed by atoms with Crippen molar-refractivity contribution in [1.29, 1.82) is 0 Å². The summed E-state index contributed by atoms with van der Waals surface area (Å²) >= 11 is 0. The van der Waals surface area contributed by atoms with Gasteiger partial charge in [-0.3, -0.25) is 5.43 Å². The molecule has 43 valence electrons. The second kappa shape index (κ2) is 2.32. The number of hydrogen-bond donors (Lipinski definition) is 1. The van der Waals surface area contributed by atoms with Crippen molar-refractivity contribution in [2.75, 3.05) is 6.73 Å². The van der Waals surface area contributed by atoms with Crippen LogP contribution in [0.4, 0.5) is 0 Å². The molecule has 0 spiro atoms. The number of nitrogens with zero attached hydrogens (tertiary/aromatic N) is 2. The molecule has 0 aliphatic carbocycles. The molecule has 1 radical (unpaired) electrons. The van der Waals surface area contributed by atoms with E-state index in [1.807, 2.05) is 0 Å². The third-order valence-electron chi connectivity index (χ3n) is 0.734. The topological polar surface area (TPSA) is 47.5 Å². The second-order valence-electron chi connectivity index (χ2n) is 1.28. The van der Waals surface area contributed by atoms with Crippen molar-refractivity contribution < 1.29 is 5.11 Å². The molecule has 1 rings (SSSR count). The van der Waals surface area contributed by atoms with Crippen molar-refractivity contribution in [2.45, 2.75) is 0 Å². The summed E-state index contributed by atoms with van der Waals surface area (Å²) in [4.78, 5) is 0. The smallest absolute Gasteiger partial charge is 0.191 e. The maximum absolute atomic E-state index is 10.0. The van der Waals surface area contributed by atoms with E-state index in [4.69, 9.17) is 0 Å². The highest BCUT2D eigenvalue weighted by Gasteiger charge is 1.93. The Balaban J connectivity index is 2.40. The van der Waals surface area contributed by atoms with Gasteiger partial charge in [-0.25, -0.2) is 5.11 Å². The van der Waals surface area contributed by atoms with Gasteiger partial charge < -0.3 is 0 Å². The van der Waals surface area contributed by atoms with Crippen molar-refractivity contribution in [3.8, 4) is 0 Å². The second-order valence-corrected chi connectivity index (χ2v) is 1.28. The zero-order valence-electron chi connectivity index (χ0n) is 4.24. The minimum atomic E-state index is -0.360. The molecule has 0 aromatic heterocycles. The molecule has 0 amide bonds. The molecule has 0 fully saturated rings. The minimum absolute atomic E-state index is 0.360. The molecule has 4 heteroatoms. The first-order valence-electron chi connectivity index (χ1n) is 2.24. The van der Waals surface area contributed by atoms with Crippen LogP contribution in [0.1, 0.15) is 0 Å². The molecule has 0 aromatic rings. The summed E-state index contributed by atoms with van der Waals surface area (Å²) < 4.78 is 0. The molecule has 1 heterocycles. The molecule has 1 N–H and O–H groups in total. The number of rotatable bonds is 1. The summed E-state index contributed by atoms with van der Waals surface area (Å²) in [6, 6.07) is 0. The van der Waals surface area contributed by atoms with Gasteiger partial charge in [-0.05, 0) is 6.08 Å². The van der Waals surface area contributed by atoms with Gasteiger partial charge in [0.1, 0.15) is 0 Å². The third kappa shape index (κ3) is 0.974. The summed E-state index contributed by atoms with van der Waals surface area (Å²) in [6.07, 6.45) is 4.91. The number of hydrazine groups is 1. The maximum atomic E-state index is 10.0. The van der Waals surface area contributed by atoms with Crippen LogP contribution in [-0.2, 0) is 5.11 Å². The van der Waals surface area contributed by atoms with Crippen LogP contribution < -0.4 is 5.43 Å². The summed E-state index contributed by atoms with van der Waals surface area (Å²) in [6.45, 7) is -0.360. The van der Waals surface area contributed by atoms with Gasteiger partial charge in [0.15, 0.2) is 6.73 Å². The van der Waals surface area contributed by atoms with Crippen LogP contribution in [0.2, 0.25) is 0 Å². The number of hydrazone groups is 1. The van der Waals surface area contributed by atoms with Gasteiger partial charge in [-0.1, -0.05) is 0 Å². The van der Waals surface area contributed by atoms with Crippen LogP contribution >= 0.6 is 0 Å². The van der Waals surface area contributed by atoms with Crippen LogP contribution in [0.15, 0.2) is 17.4 Å². The van der Waals surface area contributed by atoms with Crippen LogP contribution in [-0.4, -0.2) is 18.1 Å². The van der Waals surface area contributed by atoms with Crippen LogP contribution in [0.5, 0.6) is 0 Å². The lowest BCUT2D eigenvalue weighted by atomic mass is 10.6. The van der Waals surface area contributed by atoms with Crippen molar-refractivity contribution in [2.24, 2.45) is 5.10 Å². The van der Waals surface area contributed by atoms with Gasteiger partial charge in [-0.15, -0.1) is 0 Å². The Bertz CT molecular complexity index is 120. The minimum Gasteiger partial charge on any atom is -0.288 e. The average molecular weight is 112 g/mol. The first-order valence-corrected chi connectivity index (χ1v) is 2.24. The van der Waals surface area contributed by atoms with Gasteiger partial charge >= 0.3 is 0 Å². The quantitative estimate of drug-likeness (QED) is 0.506. The molecule has 1 aliphatic heterocycles. The van der Waals surface area contributed by atoms with Crippen molar-refractivity contribution in [3.05, 3.63) is 12.3 Å². The zero-order valence-corrected chi connectivity index (χ0v) is 4.24. The first-order chi connectivity index (χ1) is 3.93. The van der Waals surface area contributed by atoms with Gasteiger partial charge in [0.2, 0.25) is 0 Å². The third-order valence-corrected chi connectivity index (χ3v) is 0.734. The maximum Gasteiger partial charge on any atom is 0.191 e. The van der Waals surface area contributed by atoms with Crippen molar-refractivity contribution >= 4 is 6.21 Å². The molecule has 0 aromatic carbocycles. The Labute approximate surface area is 47.1 Å². The number of nitrogens with one attached hydrogen (secondary N) is 1. The molecular formula is C4H6N3O. The largest absolute Gasteiger partial charge is 0.288 e. The number of allylic oxidation sites excluding steroid dienone is 1. The molecule has 8 heavy (non-hydrogen) atoms. The fourth-order valence-corrected chi connectivity index (χ4v) is 0.395. The van der Waals surface area contributed by atoms with E-state index in [1.54, 1.807) is 18.5 Å². The van der Waals surface area contributed by atoms with E-state index in [-0.39, 0.29) is 6.73 Å². The lowest BCUT2D eigenvalue weighted by Crippen LogP contribution is -2.31. The Morgan fingerprint density at radius 1 is 1.75 bits per heavy atom. The molecule has 0 saturated carbocycles. The summed E-state index contributed by atoms with van der Waals surface area (Å²) in [7, 11) is 0. The van der Waals surface area contributed by atoms with E-state index in [1.165, 1.54) is 5.12 Å². The average Bonchev–Trinajstić information content (AvgIpc) is 1.90. The normalized spacial score (nSPS) is 16.4. The first kappa shape index (κ1) is 5.11. The highest BCUT2D eigenvalue weighted by molar-refractivity contribution is 5.70. The Morgan fingerprint density at radius 2 is 2.62 bits per heavy atom.